The molecule has 0 unspecified atom stereocenters. The summed E-state index contributed by atoms with van der Waals surface area (Å²) in [4.78, 5) is 18.6. The van der Waals surface area contributed by atoms with Gasteiger partial charge in [0.2, 0.25) is 0 Å². The first-order valence-corrected chi connectivity index (χ1v) is 4.38. The number of hydrogen-bond donors (Lipinski definition) is 3. The van der Waals surface area contributed by atoms with E-state index < -0.39 is 5.69 Å². The van der Waals surface area contributed by atoms with Crippen molar-refractivity contribution in [1.82, 2.24) is 18.5 Å². The van der Waals surface area contributed by atoms with Gasteiger partial charge in [0.25, 0.3) is 0 Å². The topological polar surface area (TPSA) is 156 Å². The van der Waals surface area contributed by atoms with Crippen LogP contribution >= 0.6 is 5.69 Å². The van der Waals surface area contributed by atoms with Gasteiger partial charge in [0.1, 0.15) is 0 Å². The second kappa shape index (κ2) is 7.80. The number of quaternary nitrogens is 3. The molecule has 0 aliphatic heterocycles. The minimum absolute atomic E-state index is 0. The predicted molar refractivity (Wildman–Crippen MR) is 39.6 cm³/mol. The average Bonchev–Trinajstić information content (AvgIpc) is 0.722. The molecule has 12 N–H and O–H groups in total. The van der Waals surface area contributed by atoms with E-state index in [4.69, 9.17) is 0 Å². The highest BCUT2D eigenvalue weighted by molar-refractivity contribution is 8.49. The van der Waals surface area contributed by atoms with Crippen LogP contribution in [0.15, 0.2) is 0 Å². The molecule has 0 heterocycles. The summed E-state index contributed by atoms with van der Waals surface area (Å²) in [5.41, 5.74) is -3.72. The lowest BCUT2D eigenvalue weighted by molar-refractivity contribution is -0.284. The molecule has 8 heavy (non-hydrogen) atoms. The first kappa shape index (κ1) is 23.2. The fourth-order valence-electron chi connectivity index (χ4n) is 0. The quantitative estimate of drug-likeness (QED) is 0.343. The lowest BCUT2D eigenvalue weighted by Crippen LogP contribution is -2.08. The van der Waals surface area contributed by atoms with Crippen molar-refractivity contribution in [3.8, 4) is 0 Å². The summed E-state index contributed by atoms with van der Waals surface area (Å²) in [5.74, 6) is 0. The summed E-state index contributed by atoms with van der Waals surface area (Å²) in [6, 6.07) is 0. The molecule has 0 rings (SSSR count). The van der Waals surface area contributed by atoms with Crippen LogP contribution in [0.25, 0.3) is 0 Å². The summed E-state index contributed by atoms with van der Waals surface area (Å²) in [7, 11) is 0. The van der Waals surface area contributed by atoms with Crippen molar-refractivity contribution in [3.05, 3.63) is 0 Å². The lowest BCUT2D eigenvalue weighted by Gasteiger charge is -2.44. The Morgan fingerprint density at radius 3 is 1.12 bits per heavy atom. The molecule has 0 aromatic heterocycles. The van der Waals surface area contributed by atoms with E-state index >= 15 is 0 Å². The van der Waals surface area contributed by atoms with Gasteiger partial charge in [-0.1, -0.05) is 0 Å². The first-order valence-electron chi connectivity index (χ1n) is 0.730. The molecule has 0 aromatic rings. The molecule has 0 fully saturated rings. The van der Waals surface area contributed by atoms with Crippen LogP contribution in [-0.2, 0) is 24.1 Å². The SMILES string of the molecule is [NH4+].[NH4+].[NH4+].[O-]P([O-])(=S)[S-]. The zero-order chi connectivity index (χ0) is 4.50. The Kier molecular flexibility index (Phi) is 22.7. The largest absolute Gasteiger partial charge is 0.850 e. The van der Waals surface area contributed by atoms with Gasteiger partial charge in [-0.25, -0.2) is 0 Å². The lowest BCUT2D eigenvalue weighted by atomic mass is 14.0. The molecule has 0 aromatic carbocycles. The Bertz CT molecular complexity index is 61.4. The van der Waals surface area contributed by atoms with Crippen LogP contribution in [0.4, 0.5) is 0 Å². The molecule has 0 radical (unpaired) electrons. The third-order valence-corrected chi connectivity index (χ3v) is 0. The standard InChI is InChI=1S/3H3N.H3O2PS2/c;;;1-3(2,4)5/h3*1H3;(H3,1,2,4,5). The van der Waals surface area contributed by atoms with Crippen LogP contribution in [0.2, 0.25) is 0 Å². The van der Waals surface area contributed by atoms with E-state index in [1.165, 1.54) is 0 Å². The van der Waals surface area contributed by atoms with Crippen LogP contribution in [0.1, 0.15) is 0 Å². The maximum Gasteiger partial charge on any atom is -0.160 e. The maximum atomic E-state index is 9.29. The third kappa shape index (κ3) is 357. The van der Waals surface area contributed by atoms with Gasteiger partial charge in [0.05, 0.1) is 0 Å². The van der Waals surface area contributed by atoms with Gasteiger partial charge < -0.3 is 46.2 Å². The minimum Gasteiger partial charge on any atom is -0.850 e. The Morgan fingerprint density at radius 2 is 1.12 bits per heavy atom. The monoisotopic (exact) mass is 181 g/mol. The molecule has 56 valence electrons. The minimum atomic E-state index is -3.72. The van der Waals surface area contributed by atoms with Gasteiger partial charge in [-0.3, -0.25) is 0 Å². The normalized spacial score (nSPS) is 7.38. The van der Waals surface area contributed by atoms with Gasteiger partial charge in [-0.05, 0) is 0 Å². The summed E-state index contributed by atoms with van der Waals surface area (Å²) in [6.07, 6.45) is 0. The van der Waals surface area contributed by atoms with Crippen LogP contribution in [0.3, 0.4) is 0 Å². The van der Waals surface area contributed by atoms with Gasteiger partial charge in [-0.15, -0.1) is 0 Å². The molecule has 0 amide bonds. The summed E-state index contributed by atoms with van der Waals surface area (Å²) < 4.78 is 0. The second-order valence-electron chi connectivity index (χ2n) is 0.447. The average molecular weight is 181 g/mol. The van der Waals surface area contributed by atoms with E-state index in [1.807, 2.05) is 0 Å². The van der Waals surface area contributed by atoms with E-state index in [0.29, 0.717) is 0 Å². The highest BCUT2D eigenvalue weighted by Gasteiger charge is 1.35. The van der Waals surface area contributed by atoms with Crippen molar-refractivity contribution >= 4 is 29.7 Å². The van der Waals surface area contributed by atoms with Crippen molar-refractivity contribution < 1.29 is 9.79 Å². The highest BCUT2D eigenvalue weighted by atomic mass is 32.9. The summed E-state index contributed by atoms with van der Waals surface area (Å²) in [6.45, 7) is 0. The molecular formula is H12N3O2PS2. The fourth-order valence-corrected chi connectivity index (χ4v) is 0. The Hall–Kier alpha value is 0.800. The molecule has 0 bridgehead atoms. The van der Waals surface area contributed by atoms with Gasteiger partial charge in [0.15, 0.2) is 0 Å². The molecular weight excluding hydrogens is 169 g/mol. The fraction of sp³-hybridized carbons (Fsp3) is 0. The van der Waals surface area contributed by atoms with Crippen molar-refractivity contribution in [1.29, 1.82) is 0 Å². The number of hydrogen-bond acceptors (Lipinski definition) is 4. The predicted octanol–water partition coefficient (Wildman–Crippen LogP) is -0.393. The number of rotatable bonds is 0. The summed E-state index contributed by atoms with van der Waals surface area (Å²) in [5, 5.41) is 0. The van der Waals surface area contributed by atoms with Crippen LogP contribution in [-0.4, -0.2) is 0 Å². The zero-order valence-electron chi connectivity index (χ0n) is 5.08. The van der Waals surface area contributed by atoms with Gasteiger partial charge >= 0.3 is 0 Å². The molecule has 0 aliphatic rings. The highest BCUT2D eigenvalue weighted by Crippen LogP contribution is 2.16. The maximum absolute atomic E-state index is 9.29. The van der Waals surface area contributed by atoms with Crippen LogP contribution in [0, 0.1) is 0 Å². The molecule has 0 saturated carbocycles. The Balaban J connectivity index is -0.0000000267. The van der Waals surface area contributed by atoms with Crippen molar-refractivity contribution in [3.63, 3.8) is 0 Å². The van der Waals surface area contributed by atoms with Gasteiger partial charge in [-0.2, -0.15) is 11.8 Å². The van der Waals surface area contributed by atoms with E-state index in [2.05, 4.69) is 24.1 Å². The molecule has 8 heteroatoms. The van der Waals surface area contributed by atoms with Crippen molar-refractivity contribution in [2.45, 2.75) is 0 Å². The second-order valence-corrected chi connectivity index (χ2v) is 4.92. The van der Waals surface area contributed by atoms with E-state index in [0.717, 1.165) is 0 Å². The van der Waals surface area contributed by atoms with E-state index in [1.54, 1.807) is 0 Å². The molecule has 5 nitrogen and oxygen atoms in total. The van der Waals surface area contributed by atoms with E-state index in [-0.39, 0.29) is 18.5 Å². The smallest absolute Gasteiger partial charge is 0.160 e. The molecule has 0 aliphatic carbocycles. The third-order valence-electron chi connectivity index (χ3n) is 0. The molecule has 0 spiro atoms. The summed E-state index contributed by atoms with van der Waals surface area (Å²) >= 11 is 7.28. The zero-order valence-corrected chi connectivity index (χ0v) is 7.61. The molecule has 0 saturated heterocycles. The van der Waals surface area contributed by atoms with Crippen molar-refractivity contribution in [2.24, 2.45) is 0 Å². The van der Waals surface area contributed by atoms with Crippen molar-refractivity contribution in [2.75, 3.05) is 0 Å². The first-order chi connectivity index (χ1) is 2.00. The molecule has 0 atom stereocenters. The van der Waals surface area contributed by atoms with Crippen LogP contribution < -0.4 is 28.2 Å². The Morgan fingerprint density at radius 1 is 1.12 bits per heavy atom. The van der Waals surface area contributed by atoms with E-state index in [9.17, 15) is 9.79 Å². The van der Waals surface area contributed by atoms with Gasteiger partial charge in [0, 0.05) is 0 Å². The Labute approximate surface area is 58.6 Å². The van der Waals surface area contributed by atoms with Crippen LogP contribution in [0.5, 0.6) is 0 Å².